The molecule has 1 atom stereocenters. The predicted molar refractivity (Wildman–Crippen MR) is 85.4 cm³/mol. The van der Waals surface area contributed by atoms with Crippen LogP contribution in [0.1, 0.15) is 12.5 Å². The maximum atomic E-state index is 5.96. The number of halogens is 1. The summed E-state index contributed by atoms with van der Waals surface area (Å²) in [5.41, 5.74) is 8.20. The number of rotatable bonds is 5. The summed E-state index contributed by atoms with van der Waals surface area (Å²) in [5, 5.41) is 3.53. The van der Waals surface area contributed by atoms with Gasteiger partial charge in [-0.15, -0.1) is 0 Å². The molecule has 0 aliphatic heterocycles. The van der Waals surface area contributed by atoms with Crippen LogP contribution in [0.15, 0.2) is 59.1 Å². The minimum atomic E-state index is -0.144. The third-order valence-electron chi connectivity index (χ3n) is 3.18. The zero-order chi connectivity index (χ0) is 13.7. The first-order valence-electron chi connectivity index (χ1n) is 6.39. The molecule has 0 heterocycles. The van der Waals surface area contributed by atoms with Crippen molar-refractivity contribution in [3.05, 3.63) is 64.6 Å². The average Bonchev–Trinajstić information content (AvgIpc) is 2.42. The van der Waals surface area contributed by atoms with E-state index < -0.39 is 0 Å². The van der Waals surface area contributed by atoms with Gasteiger partial charge in [-0.25, -0.2) is 0 Å². The number of nitrogens with one attached hydrogen (secondary N) is 1. The van der Waals surface area contributed by atoms with Gasteiger partial charge in [-0.3, -0.25) is 0 Å². The fraction of sp³-hybridized carbons (Fsp3) is 0.250. The Morgan fingerprint density at radius 1 is 1.05 bits per heavy atom. The van der Waals surface area contributed by atoms with Gasteiger partial charge in [0.15, 0.2) is 0 Å². The Balaban J connectivity index is 2.11. The first-order chi connectivity index (χ1) is 9.11. The Morgan fingerprint density at radius 3 is 2.26 bits per heavy atom. The highest BCUT2D eigenvalue weighted by molar-refractivity contribution is 9.10. The number of hydrogen-bond donors (Lipinski definition) is 2. The SMILES string of the molecule is CC(CN)(Cc1ccc(Br)cc1)Nc1ccccc1. The van der Waals surface area contributed by atoms with E-state index in [1.54, 1.807) is 0 Å². The molecule has 3 heteroatoms. The molecule has 2 nitrogen and oxygen atoms in total. The molecule has 0 spiro atoms. The molecule has 0 saturated carbocycles. The van der Waals surface area contributed by atoms with E-state index in [0.717, 1.165) is 16.6 Å². The van der Waals surface area contributed by atoms with Crippen molar-refractivity contribution in [2.24, 2.45) is 5.73 Å². The van der Waals surface area contributed by atoms with Crippen LogP contribution in [0.3, 0.4) is 0 Å². The van der Waals surface area contributed by atoms with Crippen LogP contribution >= 0.6 is 15.9 Å². The van der Waals surface area contributed by atoms with Crippen LogP contribution in [0.25, 0.3) is 0 Å². The first kappa shape index (κ1) is 14.1. The molecule has 0 saturated heterocycles. The molecule has 2 aromatic rings. The monoisotopic (exact) mass is 318 g/mol. The average molecular weight is 319 g/mol. The van der Waals surface area contributed by atoms with Gasteiger partial charge in [0.1, 0.15) is 0 Å². The molecular weight excluding hydrogens is 300 g/mol. The fourth-order valence-electron chi connectivity index (χ4n) is 2.09. The van der Waals surface area contributed by atoms with Crippen LogP contribution < -0.4 is 11.1 Å². The van der Waals surface area contributed by atoms with Gasteiger partial charge < -0.3 is 11.1 Å². The molecule has 0 bridgehead atoms. The molecule has 0 aromatic heterocycles. The fourth-order valence-corrected chi connectivity index (χ4v) is 2.35. The molecule has 0 fully saturated rings. The van der Waals surface area contributed by atoms with Crippen LogP contribution in [-0.4, -0.2) is 12.1 Å². The van der Waals surface area contributed by atoms with Gasteiger partial charge in [0.2, 0.25) is 0 Å². The van der Waals surface area contributed by atoms with Crippen LogP contribution in [0, 0.1) is 0 Å². The molecule has 2 aromatic carbocycles. The molecular formula is C16H19BrN2. The van der Waals surface area contributed by atoms with Crippen LogP contribution in [0.5, 0.6) is 0 Å². The van der Waals surface area contributed by atoms with E-state index in [2.05, 4.69) is 64.6 Å². The normalized spacial score (nSPS) is 13.8. The predicted octanol–water partition coefficient (Wildman–Crippen LogP) is 3.82. The van der Waals surface area contributed by atoms with Crippen molar-refractivity contribution in [2.75, 3.05) is 11.9 Å². The van der Waals surface area contributed by atoms with E-state index >= 15 is 0 Å². The summed E-state index contributed by atoms with van der Waals surface area (Å²) < 4.78 is 1.10. The van der Waals surface area contributed by atoms with Crippen LogP contribution in [-0.2, 0) is 6.42 Å². The quantitative estimate of drug-likeness (QED) is 0.879. The number of para-hydroxylation sites is 1. The summed E-state index contributed by atoms with van der Waals surface area (Å²) in [5.74, 6) is 0. The Bertz CT molecular complexity index is 510. The zero-order valence-electron chi connectivity index (χ0n) is 11.1. The largest absolute Gasteiger partial charge is 0.378 e. The number of anilines is 1. The molecule has 3 N–H and O–H groups in total. The maximum Gasteiger partial charge on any atom is 0.0507 e. The molecule has 100 valence electrons. The minimum Gasteiger partial charge on any atom is -0.378 e. The van der Waals surface area contributed by atoms with E-state index in [9.17, 15) is 0 Å². The van der Waals surface area contributed by atoms with Gasteiger partial charge in [-0.2, -0.15) is 0 Å². The van der Waals surface area contributed by atoms with E-state index in [1.807, 2.05) is 18.2 Å². The highest BCUT2D eigenvalue weighted by atomic mass is 79.9. The smallest absolute Gasteiger partial charge is 0.0507 e. The van der Waals surface area contributed by atoms with Gasteiger partial charge in [0, 0.05) is 16.7 Å². The molecule has 19 heavy (non-hydrogen) atoms. The Kier molecular flexibility index (Phi) is 4.61. The molecule has 1 unspecified atom stereocenters. The van der Waals surface area contributed by atoms with Crippen molar-refractivity contribution in [2.45, 2.75) is 18.9 Å². The first-order valence-corrected chi connectivity index (χ1v) is 7.18. The third kappa shape index (κ3) is 4.08. The summed E-state index contributed by atoms with van der Waals surface area (Å²) >= 11 is 3.46. The van der Waals surface area contributed by atoms with Crippen molar-refractivity contribution in [3.8, 4) is 0 Å². The van der Waals surface area contributed by atoms with Gasteiger partial charge in [-0.05, 0) is 43.2 Å². The van der Waals surface area contributed by atoms with Crippen LogP contribution in [0.4, 0.5) is 5.69 Å². The lowest BCUT2D eigenvalue weighted by molar-refractivity contribution is 0.521. The molecule has 0 aliphatic rings. The molecule has 0 aliphatic carbocycles. The summed E-state index contributed by atoms with van der Waals surface area (Å²) in [6.07, 6.45) is 0.895. The standard InChI is InChI=1S/C16H19BrN2/c1-16(12-18,19-15-5-3-2-4-6-15)11-13-7-9-14(17)10-8-13/h2-10,19H,11-12,18H2,1H3. The maximum absolute atomic E-state index is 5.96. The van der Waals surface area contributed by atoms with Crippen molar-refractivity contribution >= 4 is 21.6 Å². The summed E-state index contributed by atoms with van der Waals surface area (Å²) in [6, 6.07) is 18.6. The Hall–Kier alpha value is -1.32. The van der Waals surface area contributed by atoms with E-state index in [0.29, 0.717) is 6.54 Å². The highest BCUT2D eigenvalue weighted by Crippen LogP contribution is 2.20. The Labute approximate surface area is 123 Å². The van der Waals surface area contributed by atoms with Gasteiger partial charge >= 0.3 is 0 Å². The Morgan fingerprint density at radius 2 is 1.68 bits per heavy atom. The van der Waals surface area contributed by atoms with E-state index in [4.69, 9.17) is 5.73 Å². The second-order valence-corrected chi connectivity index (χ2v) is 5.97. The van der Waals surface area contributed by atoms with Crippen molar-refractivity contribution in [1.29, 1.82) is 0 Å². The highest BCUT2D eigenvalue weighted by Gasteiger charge is 2.22. The van der Waals surface area contributed by atoms with E-state index in [1.165, 1.54) is 5.56 Å². The topological polar surface area (TPSA) is 38.0 Å². The van der Waals surface area contributed by atoms with Crippen molar-refractivity contribution in [3.63, 3.8) is 0 Å². The lowest BCUT2D eigenvalue weighted by atomic mass is 9.92. The number of nitrogens with two attached hydrogens (primary N) is 1. The molecule has 2 rings (SSSR count). The van der Waals surface area contributed by atoms with Crippen molar-refractivity contribution in [1.82, 2.24) is 0 Å². The summed E-state index contributed by atoms with van der Waals surface area (Å²) in [7, 11) is 0. The molecule has 0 amide bonds. The van der Waals surface area contributed by atoms with Gasteiger partial charge in [-0.1, -0.05) is 46.3 Å². The lowest BCUT2D eigenvalue weighted by Crippen LogP contribution is -2.44. The summed E-state index contributed by atoms with van der Waals surface area (Å²) in [4.78, 5) is 0. The number of hydrogen-bond acceptors (Lipinski definition) is 2. The zero-order valence-corrected chi connectivity index (χ0v) is 12.7. The lowest BCUT2D eigenvalue weighted by Gasteiger charge is -2.31. The number of benzene rings is 2. The van der Waals surface area contributed by atoms with E-state index in [-0.39, 0.29) is 5.54 Å². The van der Waals surface area contributed by atoms with Gasteiger partial charge in [0.05, 0.1) is 5.54 Å². The third-order valence-corrected chi connectivity index (χ3v) is 3.71. The van der Waals surface area contributed by atoms with Crippen molar-refractivity contribution < 1.29 is 0 Å². The van der Waals surface area contributed by atoms with Gasteiger partial charge in [0.25, 0.3) is 0 Å². The molecule has 0 radical (unpaired) electrons. The van der Waals surface area contributed by atoms with Crippen LogP contribution in [0.2, 0.25) is 0 Å². The second kappa shape index (κ2) is 6.22. The minimum absolute atomic E-state index is 0.144. The summed E-state index contributed by atoms with van der Waals surface area (Å²) in [6.45, 7) is 2.74. The second-order valence-electron chi connectivity index (χ2n) is 5.06.